The Morgan fingerprint density at radius 3 is 3.06 bits per heavy atom. The summed E-state index contributed by atoms with van der Waals surface area (Å²) < 4.78 is 0. The van der Waals surface area contributed by atoms with Gasteiger partial charge in [0.2, 0.25) is 0 Å². The van der Waals surface area contributed by atoms with Gasteiger partial charge in [-0.2, -0.15) is 0 Å². The standard InChI is InChI=1S/C11H18N4S/c1-3-15(9-4-5-12-7-9)10-6-11(16-2)14-8-13-10/h6,8-9,12H,3-5,7H2,1-2H3. The number of anilines is 1. The maximum atomic E-state index is 4.38. The van der Waals surface area contributed by atoms with Gasteiger partial charge in [0.05, 0.1) is 0 Å². The van der Waals surface area contributed by atoms with E-state index in [0.717, 1.165) is 30.5 Å². The fraction of sp³-hybridized carbons (Fsp3) is 0.636. The van der Waals surface area contributed by atoms with Crippen molar-refractivity contribution in [3.63, 3.8) is 0 Å². The minimum Gasteiger partial charge on any atom is -0.352 e. The van der Waals surface area contributed by atoms with Gasteiger partial charge >= 0.3 is 0 Å². The van der Waals surface area contributed by atoms with Crippen LogP contribution in [0.3, 0.4) is 0 Å². The number of aromatic nitrogens is 2. The third-order valence-electron chi connectivity index (χ3n) is 2.95. The fourth-order valence-corrected chi connectivity index (χ4v) is 2.49. The number of hydrogen-bond acceptors (Lipinski definition) is 5. The van der Waals surface area contributed by atoms with Gasteiger partial charge in [-0.05, 0) is 26.1 Å². The maximum Gasteiger partial charge on any atom is 0.133 e. The summed E-state index contributed by atoms with van der Waals surface area (Å²) in [4.78, 5) is 11.0. The van der Waals surface area contributed by atoms with Crippen LogP contribution in [0, 0.1) is 0 Å². The number of rotatable bonds is 4. The van der Waals surface area contributed by atoms with Crippen molar-refractivity contribution in [2.24, 2.45) is 0 Å². The smallest absolute Gasteiger partial charge is 0.133 e. The Morgan fingerprint density at radius 1 is 1.56 bits per heavy atom. The second-order valence-electron chi connectivity index (χ2n) is 3.85. The minimum absolute atomic E-state index is 0.578. The maximum absolute atomic E-state index is 4.38. The van der Waals surface area contributed by atoms with E-state index in [4.69, 9.17) is 0 Å². The molecule has 1 atom stereocenters. The van der Waals surface area contributed by atoms with E-state index in [1.54, 1.807) is 18.1 Å². The Bertz CT molecular complexity index is 339. The molecule has 1 aliphatic heterocycles. The van der Waals surface area contributed by atoms with Crippen LogP contribution in [0.2, 0.25) is 0 Å². The van der Waals surface area contributed by atoms with Crippen molar-refractivity contribution in [3.05, 3.63) is 12.4 Å². The van der Waals surface area contributed by atoms with Crippen LogP contribution >= 0.6 is 11.8 Å². The third-order valence-corrected chi connectivity index (χ3v) is 3.59. The predicted molar refractivity (Wildman–Crippen MR) is 68.1 cm³/mol. The Morgan fingerprint density at radius 2 is 2.44 bits per heavy atom. The van der Waals surface area contributed by atoms with E-state index in [1.165, 1.54) is 6.42 Å². The van der Waals surface area contributed by atoms with Crippen molar-refractivity contribution in [1.82, 2.24) is 15.3 Å². The zero-order valence-corrected chi connectivity index (χ0v) is 10.6. The Kier molecular flexibility index (Phi) is 4.01. The molecule has 4 nitrogen and oxygen atoms in total. The summed E-state index contributed by atoms with van der Waals surface area (Å²) >= 11 is 1.66. The summed E-state index contributed by atoms with van der Waals surface area (Å²) in [6, 6.07) is 2.65. The average Bonchev–Trinajstić information content (AvgIpc) is 2.84. The summed E-state index contributed by atoms with van der Waals surface area (Å²) in [5.74, 6) is 1.05. The zero-order chi connectivity index (χ0) is 11.4. The van der Waals surface area contributed by atoms with Crippen LogP contribution in [-0.2, 0) is 0 Å². The van der Waals surface area contributed by atoms with Gasteiger partial charge in [-0.25, -0.2) is 9.97 Å². The predicted octanol–water partition coefficient (Wildman–Crippen LogP) is 1.39. The average molecular weight is 238 g/mol. The molecule has 0 amide bonds. The van der Waals surface area contributed by atoms with Crippen molar-refractivity contribution in [1.29, 1.82) is 0 Å². The molecule has 5 heteroatoms. The van der Waals surface area contributed by atoms with Gasteiger partial charge < -0.3 is 10.2 Å². The normalized spacial score (nSPS) is 20.0. The minimum atomic E-state index is 0.578. The van der Waals surface area contributed by atoms with Gasteiger partial charge in [-0.15, -0.1) is 11.8 Å². The molecule has 16 heavy (non-hydrogen) atoms. The van der Waals surface area contributed by atoms with Crippen molar-refractivity contribution >= 4 is 17.6 Å². The third kappa shape index (κ3) is 2.47. The second-order valence-corrected chi connectivity index (χ2v) is 4.68. The van der Waals surface area contributed by atoms with Gasteiger partial charge in [0, 0.05) is 25.2 Å². The lowest BCUT2D eigenvalue weighted by atomic mass is 10.2. The lowest BCUT2D eigenvalue weighted by Gasteiger charge is -2.28. The number of thioether (sulfide) groups is 1. The van der Waals surface area contributed by atoms with E-state index in [-0.39, 0.29) is 0 Å². The fourth-order valence-electron chi connectivity index (χ4n) is 2.11. The number of likely N-dealkylation sites (N-methyl/N-ethyl adjacent to an activating group) is 1. The molecule has 0 aliphatic carbocycles. The van der Waals surface area contributed by atoms with Gasteiger partial charge in [0.15, 0.2) is 0 Å². The van der Waals surface area contributed by atoms with Crippen LogP contribution in [0.15, 0.2) is 17.4 Å². The van der Waals surface area contributed by atoms with E-state index in [0.29, 0.717) is 6.04 Å². The molecular formula is C11H18N4S. The molecule has 88 valence electrons. The van der Waals surface area contributed by atoms with Crippen LogP contribution < -0.4 is 10.2 Å². The van der Waals surface area contributed by atoms with E-state index in [1.807, 2.05) is 6.26 Å². The molecular weight excluding hydrogens is 220 g/mol. The van der Waals surface area contributed by atoms with Crippen molar-refractivity contribution in [2.45, 2.75) is 24.4 Å². The molecule has 1 saturated heterocycles. The number of nitrogens with zero attached hydrogens (tertiary/aromatic N) is 3. The molecule has 0 spiro atoms. The van der Waals surface area contributed by atoms with Crippen LogP contribution in [0.25, 0.3) is 0 Å². The first kappa shape index (κ1) is 11.7. The molecule has 0 bridgehead atoms. The number of nitrogens with one attached hydrogen (secondary N) is 1. The topological polar surface area (TPSA) is 41.1 Å². The first-order valence-electron chi connectivity index (χ1n) is 5.68. The van der Waals surface area contributed by atoms with Gasteiger partial charge in [0.1, 0.15) is 17.2 Å². The van der Waals surface area contributed by atoms with Crippen LogP contribution in [0.5, 0.6) is 0 Å². The quantitative estimate of drug-likeness (QED) is 0.634. The van der Waals surface area contributed by atoms with E-state index in [9.17, 15) is 0 Å². The summed E-state index contributed by atoms with van der Waals surface area (Å²) in [7, 11) is 0. The Labute approximate surface area is 101 Å². The molecule has 2 heterocycles. The molecule has 1 aliphatic rings. The van der Waals surface area contributed by atoms with E-state index >= 15 is 0 Å². The largest absolute Gasteiger partial charge is 0.352 e. The molecule has 0 radical (unpaired) electrons. The highest BCUT2D eigenvalue weighted by molar-refractivity contribution is 7.98. The van der Waals surface area contributed by atoms with Crippen LogP contribution in [0.4, 0.5) is 5.82 Å². The van der Waals surface area contributed by atoms with Crippen molar-refractivity contribution < 1.29 is 0 Å². The monoisotopic (exact) mass is 238 g/mol. The molecule has 0 saturated carbocycles. The zero-order valence-electron chi connectivity index (χ0n) is 9.81. The Balaban J connectivity index is 2.18. The lowest BCUT2D eigenvalue weighted by molar-refractivity contribution is 0.638. The highest BCUT2D eigenvalue weighted by Gasteiger charge is 2.22. The lowest BCUT2D eigenvalue weighted by Crippen LogP contribution is -2.37. The van der Waals surface area contributed by atoms with Gasteiger partial charge in [0.25, 0.3) is 0 Å². The van der Waals surface area contributed by atoms with Crippen molar-refractivity contribution in [3.8, 4) is 0 Å². The molecule has 1 N–H and O–H groups in total. The summed E-state index contributed by atoms with van der Waals surface area (Å²) in [5, 5.41) is 4.43. The van der Waals surface area contributed by atoms with E-state index in [2.05, 4.69) is 33.2 Å². The van der Waals surface area contributed by atoms with Crippen molar-refractivity contribution in [2.75, 3.05) is 30.8 Å². The van der Waals surface area contributed by atoms with Gasteiger partial charge in [-0.1, -0.05) is 0 Å². The first-order chi connectivity index (χ1) is 7.85. The van der Waals surface area contributed by atoms with E-state index < -0.39 is 0 Å². The highest BCUT2D eigenvalue weighted by Crippen LogP contribution is 2.21. The molecule has 0 aromatic carbocycles. The molecule has 1 fully saturated rings. The second kappa shape index (κ2) is 5.50. The summed E-state index contributed by atoms with van der Waals surface area (Å²) in [5.41, 5.74) is 0. The molecule has 1 unspecified atom stereocenters. The van der Waals surface area contributed by atoms with Gasteiger partial charge in [-0.3, -0.25) is 0 Å². The first-order valence-corrected chi connectivity index (χ1v) is 6.91. The number of hydrogen-bond donors (Lipinski definition) is 1. The Hall–Kier alpha value is -0.810. The molecule has 1 aromatic rings. The highest BCUT2D eigenvalue weighted by atomic mass is 32.2. The molecule has 1 aromatic heterocycles. The van der Waals surface area contributed by atoms with Crippen LogP contribution in [0.1, 0.15) is 13.3 Å². The SMILES string of the molecule is CCN(c1cc(SC)ncn1)C1CCNC1. The summed E-state index contributed by atoms with van der Waals surface area (Å²) in [6.45, 7) is 5.35. The molecule has 2 rings (SSSR count). The summed E-state index contributed by atoms with van der Waals surface area (Å²) in [6.07, 6.45) is 4.90. The van der Waals surface area contributed by atoms with Crippen LogP contribution in [-0.4, -0.2) is 41.9 Å².